The molecule has 0 saturated heterocycles. The highest BCUT2D eigenvalue weighted by Gasteiger charge is 2.39. The Morgan fingerprint density at radius 3 is 2.39 bits per heavy atom. The van der Waals surface area contributed by atoms with Gasteiger partial charge in [-0.25, -0.2) is 0 Å². The number of para-hydroxylation sites is 1. The molecule has 1 heterocycles. The molecule has 2 aromatic carbocycles. The fourth-order valence-corrected chi connectivity index (χ4v) is 2.96. The summed E-state index contributed by atoms with van der Waals surface area (Å²) in [6.45, 7) is 4.49. The van der Waals surface area contributed by atoms with Crippen LogP contribution >= 0.6 is 0 Å². The van der Waals surface area contributed by atoms with Crippen LogP contribution in [0, 0.1) is 0 Å². The molecule has 0 aliphatic carbocycles. The molecule has 2 aromatic rings. The monoisotopic (exact) mass is 238 g/mol. The average Bonchev–Trinajstić information content (AvgIpc) is 2.60. The van der Waals surface area contributed by atoms with Gasteiger partial charge in [-0.2, -0.15) is 0 Å². The van der Waals surface area contributed by atoms with E-state index in [0.717, 1.165) is 5.69 Å². The van der Waals surface area contributed by atoms with Crippen LogP contribution in [0.4, 0.5) is 11.4 Å². The van der Waals surface area contributed by atoms with Gasteiger partial charge < -0.3 is 11.1 Å². The average molecular weight is 238 g/mol. The Morgan fingerprint density at radius 2 is 1.67 bits per heavy atom. The fourth-order valence-electron chi connectivity index (χ4n) is 2.96. The van der Waals surface area contributed by atoms with Crippen molar-refractivity contribution in [2.24, 2.45) is 0 Å². The van der Waals surface area contributed by atoms with E-state index in [2.05, 4.69) is 55.6 Å². The zero-order chi connectivity index (χ0) is 12.8. The first-order chi connectivity index (χ1) is 8.58. The van der Waals surface area contributed by atoms with Gasteiger partial charge in [0.05, 0.1) is 0 Å². The molecular formula is C16H18N2. The van der Waals surface area contributed by atoms with Crippen LogP contribution in [-0.2, 0) is 0 Å². The smallest absolute Gasteiger partial charge is 0.0427 e. The lowest BCUT2D eigenvalue weighted by Crippen LogP contribution is -2.32. The molecule has 3 N–H and O–H groups in total. The molecular weight excluding hydrogens is 220 g/mol. The Kier molecular flexibility index (Phi) is 2.34. The summed E-state index contributed by atoms with van der Waals surface area (Å²) < 4.78 is 0. The maximum atomic E-state index is 5.77. The highest BCUT2D eigenvalue weighted by Crippen LogP contribution is 2.46. The lowest BCUT2D eigenvalue weighted by atomic mass is 9.80. The molecule has 0 fully saturated rings. The number of hydrogen-bond acceptors (Lipinski definition) is 2. The first-order valence-corrected chi connectivity index (χ1v) is 6.30. The van der Waals surface area contributed by atoms with E-state index in [9.17, 15) is 0 Å². The van der Waals surface area contributed by atoms with Crippen molar-refractivity contribution in [2.75, 3.05) is 11.1 Å². The molecule has 0 spiro atoms. The van der Waals surface area contributed by atoms with E-state index in [1.165, 1.54) is 16.8 Å². The van der Waals surface area contributed by atoms with Crippen molar-refractivity contribution in [3.8, 4) is 0 Å². The molecule has 1 unspecified atom stereocenters. The van der Waals surface area contributed by atoms with Gasteiger partial charge in [0.2, 0.25) is 0 Å². The van der Waals surface area contributed by atoms with Gasteiger partial charge in [0.15, 0.2) is 0 Å². The second kappa shape index (κ2) is 3.77. The molecule has 0 bridgehead atoms. The predicted octanol–water partition coefficient (Wildman–Crippen LogP) is 3.60. The molecule has 92 valence electrons. The molecule has 2 nitrogen and oxygen atoms in total. The van der Waals surface area contributed by atoms with Gasteiger partial charge in [-0.3, -0.25) is 0 Å². The summed E-state index contributed by atoms with van der Waals surface area (Å²) in [5.74, 6) is 0.370. The predicted molar refractivity (Wildman–Crippen MR) is 76.8 cm³/mol. The number of hydrogen-bond donors (Lipinski definition) is 2. The van der Waals surface area contributed by atoms with Crippen LogP contribution in [0.25, 0.3) is 0 Å². The number of rotatable bonds is 1. The third-order valence-electron chi connectivity index (χ3n) is 3.72. The number of anilines is 2. The molecule has 0 amide bonds. The number of fused-ring (bicyclic) bond motifs is 1. The zero-order valence-electron chi connectivity index (χ0n) is 10.8. The van der Waals surface area contributed by atoms with Crippen molar-refractivity contribution in [3.05, 3.63) is 59.7 Å². The Labute approximate surface area is 108 Å². The van der Waals surface area contributed by atoms with Crippen molar-refractivity contribution in [1.82, 2.24) is 0 Å². The summed E-state index contributed by atoms with van der Waals surface area (Å²) in [6.07, 6.45) is 0. The molecule has 0 saturated carbocycles. The zero-order valence-corrected chi connectivity index (χ0v) is 10.8. The van der Waals surface area contributed by atoms with Gasteiger partial charge in [-0.1, -0.05) is 30.3 Å². The maximum absolute atomic E-state index is 5.77. The standard InChI is InChI=1S/C16H18N2/c1-16(2)15(11-7-9-12(17)10-8-11)13-5-3-4-6-14(13)18-16/h3-10,15,18H,17H2,1-2H3. The van der Waals surface area contributed by atoms with Crippen molar-refractivity contribution in [2.45, 2.75) is 25.3 Å². The van der Waals surface area contributed by atoms with Crippen LogP contribution in [0.5, 0.6) is 0 Å². The van der Waals surface area contributed by atoms with Crippen molar-refractivity contribution < 1.29 is 0 Å². The molecule has 1 aliphatic heterocycles. The quantitative estimate of drug-likeness (QED) is 0.745. The Bertz CT molecular complexity index is 570. The first-order valence-electron chi connectivity index (χ1n) is 6.30. The van der Waals surface area contributed by atoms with Gasteiger partial charge in [-0.15, -0.1) is 0 Å². The Hall–Kier alpha value is -1.96. The molecule has 0 aromatic heterocycles. The third-order valence-corrected chi connectivity index (χ3v) is 3.72. The second-order valence-corrected chi connectivity index (χ2v) is 5.53. The topological polar surface area (TPSA) is 38.0 Å². The summed E-state index contributed by atoms with van der Waals surface area (Å²) in [4.78, 5) is 0. The highest BCUT2D eigenvalue weighted by atomic mass is 15.0. The van der Waals surface area contributed by atoms with Gasteiger partial charge in [0.1, 0.15) is 0 Å². The van der Waals surface area contributed by atoms with Gasteiger partial charge in [0.25, 0.3) is 0 Å². The molecule has 0 radical (unpaired) electrons. The van der Waals surface area contributed by atoms with E-state index < -0.39 is 0 Å². The number of nitrogens with two attached hydrogens (primary N) is 1. The minimum absolute atomic E-state index is 0.0276. The van der Waals surface area contributed by atoms with Crippen LogP contribution in [-0.4, -0.2) is 5.54 Å². The van der Waals surface area contributed by atoms with Crippen LogP contribution in [0.1, 0.15) is 30.9 Å². The molecule has 18 heavy (non-hydrogen) atoms. The van der Waals surface area contributed by atoms with Gasteiger partial charge >= 0.3 is 0 Å². The lowest BCUT2D eigenvalue weighted by Gasteiger charge is -2.28. The van der Waals surface area contributed by atoms with Crippen molar-refractivity contribution in [3.63, 3.8) is 0 Å². The number of nitrogens with one attached hydrogen (secondary N) is 1. The summed E-state index contributed by atoms with van der Waals surface area (Å²) in [6, 6.07) is 16.8. The Morgan fingerprint density at radius 1 is 1.00 bits per heavy atom. The van der Waals surface area contributed by atoms with Crippen LogP contribution in [0.3, 0.4) is 0 Å². The van der Waals surface area contributed by atoms with E-state index in [0.29, 0.717) is 5.92 Å². The first kappa shape index (κ1) is 11.1. The molecule has 3 rings (SSSR count). The van der Waals surface area contributed by atoms with Crippen molar-refractivity contribution in [1.29, 1.82) is 0 Å². The number of benzene rings is 2. The van der Waals surface area contributed by atoms with E-state index in [1.807, 2.05) is 12.1 Å². The van der Waals surface area contributed by atoms with E-state index in [4.69, 9.17) is 5.73 Å². The minimum Gasteiger partial charge on any atom is -0.399 e. The molecule has 1 aliphatic rings. The summed E-state index contributed by atoms with van der Waals surface area (Å²) >= 11 is 0. The summed E-state index contributed by atoms with van der Waals surface area (Å²) in [5, 5.41) is 3.61. The Balaban J connectivity index is 2.12. The van der Waals surface area contributed by atoms with Crippen LogP contribution in [0.2, 0.25) is 0 Å². The minimum atomic E-state index is 0.0276. The van der Waals surface area contributed by atoms with Crippen LogP contribution < -0.4 is 11.1 Å². The van der Waals surface area contributed by atoms with E-state index in [-0.39, 0.29) is 5.54 Å². The number of nitrogen functional groups attached to an aromatic ring is 1. The van der Waals surface area contributed by atoms with Gasteiger partial charge in [-0.05, 0) is 43.2 Å². The summed E-state index contributed by atoms with van der Waals surface area (Å²) in [7, 11) is 0. The SMILES string of the molecule is CC1(C)Nc2ccccc2C1c1ccc(N)cc1. The molecule has 1 atom stereocenters. The summed E-state index contributed by atoms with van der Waals surface area (Å²) in [5.41, 5.74) is 10.5. The second-order valence-electron chi connectivity index (χ2n) is 5.53. The highest BCUT2D eigenvalue weighted by molar-refractivity contribution is 5.64. The maximum Gasteiger partial charge on any atom is 0.0427 e. The van der Waals surface area contributed by atoms with Crippen molar-refractivity contribution >= 4 is 11.4 Å². The fraction of sp³-hybridized carbons (Fsp3) is 0.250. The largest absolute Gasteiger partial charge is 0.399 e. The van der Waals surface area contributed by atoms with E-state index >= 15 is 0 Å². The normalized spacial score (nSPS) is 20.2. The lowest BCUT2D eigenvalue weighted by molar-refractivity contribution is 0.527. The van der Waals surface area contributed by atoms with Crippen LogP contribution in [0.15, 0.2) is 48.5 Å². The van der Waals surface area contributed by atoms with Gasteiger partial charge in [0, 0.05) is 22.8 Å². The third kappa shape index (κ3) is 1.65. The molecule has 2 heteroatoms. The van der Waals surface area contributed by atoms with E-state index in [1.54, 1.807) is 0 Å².